The summed E-state index contributed by atoms with van der Waals surface area (Å²) in [6, 6.07) is 7.63. The Hall–Kier alpha value is -2.14. The summed E-state index contributed by atoms with van der Waals surface area (Å²) in [5.74, 6) is -0.113. The van der Waals surface area contributed by atoms with Gasteiger partial charge in [0, 0.05) is 12.2 Å². The number of benzene rings is 1. The lowest BCUT2D eigenvalue weighted by Gasteiger charge is -2.18. The molecule has 5 heteroatoms. The highest BCUT2D eigenvalue weighted by atomic mass is 32.1. The first-order chi connectivity index (χ1) is 11.0. The molecule has 2 heterocycles. The normalized spacial score (nSPS) is 17.6. The van der Waals surface area contributed by atoms with Crippen molar-refractivity contribution in [3.63, 3.8) is 0 Å². The zero-order valence-electron chi connectivity index (χ0n) is 13.3. The van der Waals surface area contributed by atoms with Crippen molar-refractivity contribution in [2.45, 2.75) is 32.7 Å². The largest absolute Gasteiger partial charge is 0.344 e. The van der Waals surface area contributed by atoms with Gasteiger partial charge in [0.2, 0.25) is 11.8 Å². The van der Waals surface area contributed by atoms with E-state index < -0.39 is 6.04 Å². The van der Waals surface area contributed by atoms with Crippen molar-refractivity contribution in [2.75, 3.05) is 11.4 Å². The number of amides is 2. The smallest absolute Gasteiger partial charge is 0.249 e. The molecule has 1 saturated heterocycles. The number of aryl methyl sites for hydroxylation is 2. The van der Waals surface area contributed by atoms with Gasteiger partial charge in [0.1, 0.15) is 6.04 Å². The van der Waals surface area contributed by atoms with Crippen LogP contribution in [0.15, 0.2) is 35.0 Å². The summed E-state index contributed by atoms with van der Waals surface area (Å²) >= 11 is 1.57. The van der Waals surface area contributed by atoms with Crippen molar-refractivity contribution in [1.82, 2.24) is 5.32 Å². The minimum absolute atomic E-state index is 0.0198. The number of anilines is 1. The maximum absolute atomic E-state index is 12.6. The van der Waals surface area contributed by atoms with E-state index in [1.54, 1.807) is 16.2 Å². The first-order valence-electron chi connectivity index (χ1n) is 7.73. The van der Waals surface area contributed by atoms with Gasteiger partial charge >= 0.3 is 0 Å². The van der Waals surface area contributed by atoms with Crippen molar-refractivity contribution in [3.8, 4) is 0 Å². The molecule has 1 aromatic heterocycles. The van der Waals surface area contributed by atoms with E-state index in [1.165, 1.54) is 0 Å². The van der Waals surface area contributed by atoms with Crippen LogP contribution >= 0.6 is 11.3 Å². The standard InChI is InChI=1S/C18H20N2O2S/c1-12-7-13(2)9-15(8-12)20-5-3-16(18(20)22)19-17(21)10-14-4-6-23-11-14/h4,6-9,11,16H,3,5,10H2,1-2H3,(H,19,21)/t16-/m1/s1. The van der Waals surface area contributed by atoms with Crippen LogP contribution in [0, 0.1) is 13.8 Å². The first kappa shape index (κ1) is 15.7. The molecule has 1 aromatic carbocycles. The van der Waals surface area contributed by atoms with Crippen molar-refractivity contribution in [3.05, 3.63) is 51.7 Å². The molecular formula is C18H20N2O2S. The molecule has 120 valence electrons. The molecule has 2 aromatic rings. The topological polar surface area (TPSA) is 49.4 Å². The Balaban J connectivity index is 1.65. The fraction of sp³-hybridized carbons (Fsp3) is 0.333. The van der Waals surface area contributed by atoms with Gasteiger partial charge in [-0.2, -0.15) is 11.3 Å². The average molecular weight is 328 g/mol. The van der Waals surface area contributed by atoms with Crippen molar-refractivity contribution >= 4 is 28.8 Å². The van der Waals surface area contributed by atoms with Crippen LogP contribution in [0.5, 0.6) is 0 Å². The third-order valence-corrected chi connectivity index (χ3v) is 4.74. The molecule has 0 aliphatic carbocycles. The molecular weight excluding hydrogens is 308 g/mol. The van der Waals surface area contributed by atoms with Crippen LogP contribution < -0.4 is 10.2 Å². The highest BCUT2D eigenvalue weighted by molar-refractivity contribution is 7.08. The SMILES string of the molecule is Cc1cc(C)cc(N2CC[C@@H](NC(=O)Cc3ccsc3)C2=O)c1. The second-order valence-electron chi connectivity index (χ2n) is 6.05. The van der Waals surface area contributed by atoms with E-state index in [-0.39, 0.29) is 11.8 Å². The van der Waals surface area contributed by atoms with Gasteiger partial charge in [-0.25, -0.2) is 0 Å². The maximum atomic E-state index is 12.6. The van der Waals surface area contributed by atoms with E-state index in [9.17, 15) is 9.59 Å². The highest BCUT2D eigenvalue weighted by Crippen LogP contribution is 2.24. The van der Waals surface area contributed by atoms with Crippen LogP contribution in [0.3, 0.4) is 0 Å². The second-order valence-corrected chi connectivity index (χ2v) is 6.83. The van der Waals surface area contributed by atoms with Gasteiger partial charge in [0.25, 0.3) is 0 Å². The molecule has 1 aliphatic rings. The Morgan fingerprint density at radius 3 is 2.70 bits per heavy atom. The van der Waals surface area contributed by atoms with E-state index in [0.29, 0.717) is 19.4 Å². The van der Waals surface area contributed by atoms with Gasteiger partial charge in [0.15, 0.2) is 0 Å². The average Bonchev–Trinajstić information content (AvgIpc) is 3.09. The lowest BCUT2D eigenvalue weighted by Crippen LogP contribution is -2.42. The second kappa shape index (κ2) is 6.54. The van der Waals surface area contributed by atoms with Crippen LogP contribution in [-0.2, 0) is 16.0 Å². The van der Waals surface area contributed by atoms with Crippen LogP contribution in [0.1, 0.15) is 23.1 Å². The van der Waals surface area contributed by atoms with Crippen molar-refractivity contribution in [2.24, 2.45) is 0 Å². The Labute approximate surface area is 140 Å². The Bertz CT molecular complexity index is 704. The number of thiophene rings is 1. The number of carbonyl (C=O) groups excluding carboxylic acids is 2. The van der Waals surface area contributed by atoms with Gasteiger partial charge in [-0.05, 0) is 65.9 Å². The Morgan fingerprint density at radius 1 is 1.30 bits per heavy atom. The number of nitrogens with zero attached hydrogens (tertiary/aromatic N) is 1. The van der Waals surface area contributed by atoms with E-state index in [1.807, 2.05) is 42.8 Å². The summed E-state index contributed by atoms with van der Waals surface area (Å²) in [4.78, 5) is 26.4. The molecule has 0 bridgehead atoms. The summed E-state index contributed by atoms with van der Waals surface area (Å²) in [5, 5.41) is 6.78. The van der Waals surface area contributed by atoms with Gasteiger partial charge in [-0.15, -0.1) is 0 Å². The number of hydrogen-bond donors (Lipinski definition) is 1. The molecule has 4 nitrogen and oxygen atoms in total. The van der Waals surface area contributed by atoms with Crippen LogP contribution in [0.4, 0.5) is 5.69 Å². The number of hydrogen-bond acceptors (Lipinski definition) is 3. The van der Waals surface area contributed by atoms with Crippen molar-refractivity contribution in [1.29, 1.82) is 0 Å². The first-order valence-corrected chi connectivity index (χ1v) is 8.67. The van der Waals surface area contributed by atoms with Gasteiger partial charge in [0.05, 0.1) is 6.42 Å². The molecule has 0 spiro atoms. The quantitative estimate of drug-likeness (QED) is 0.938. The van der Waals surface area contributed by atoms with Crippen LogP contribution in [0.2, 0.25) is 0 Å². The van der Waals surface area contributed by atoms with Crippen LogP contribution in [0.25, 0.3) is 0 Å². The monoisotopic (exact) mass is 328 g/mol. The maximum Gasteiger partial charge on any atom is 0.249 e. The summed E-state index contributed by atoms with van der Waals surface area (Å²) in [7, 11) is 0. The fourth-order valence-corrected chi connectivity index (χ4v) is 3.67. The minimum atomic E-state index is -0.415. The Morgan fingerprint density at radius 2 is 2.04 bits per heavy atom. The molecule has 1 atom stereocenters. The minimum Gasteiger partial charge on any atom is -0.344 e. The summed E-state index contributed by atoms with van der Waals surface area (Å²) < 4.78 is 0. The Kier molecular flexibility index (Phi) is 4.48. The van der Waals surface area contributed by atoms with E-state index in [0.717, 1.165) is 22.4 Å². The predicted octanol–water partition coefficient (Wildman–Crippen LogP) is 2.83. The van der Waals surface area contributed by atoms with Gasteiger partial charge in [-0.3, -0.25) is 9.59 Å². The van der Waals surface area contributed by atoms with E-state index >= 15 is 0 Å². The molecule has 0 saturated carbocycles. The number of carbonyl (C=O) groups is 2. The van der Waals surface area contributed by atoms with E-state index in [2.05, 4.69) is 11.4 Å². The molecule has 23 heavy (non-hydrogen) atoms. The molecule has 1 N–H and O–H groups in total. The van der Waals surface area contributed by atoms with Gasteiger partial charge in [-0.1, -0.05) is 6.07 Å². The molecule has 1 aliphatic heterocycles. The third-order valence-electron chi connectivity index (χ3n) is 4.00. The van der Waals surface area contributed by atoms with Crippen molar-refractivity contribution < 1.29 is 9.59 Å². The summed E-state index contributed by atoms with van der Waals surface area (Å²) in [6.45, 7) is 4.69. The molecule has 0 unspecified atom stereocenters. The molecule has 1 fully saturated rings. The van der Waals surface area contributed by atoms with Crippen LogP contribution in [-0.4, -0.2) is 24.4 Å². The number of nitrogens with one attached hydrogen (secondary N) is 1. The lowest BCUT2D eigenvalue weighted by atomic mass is 10.1. The number of rotatable bonds is 4. The van der Waals surface area contributed by atoms with E-state index in [4.69, 9.17) is 0 Å². The third kappa shape index (κ3) is 3.62. The molecule has 0 radical (unpaired) electrons. The lowest BCUT2D eigenvalue weighted by molar-refractivity contribution is -0.126. The molecule has 3 rings (SSSR count). The highest BCUT2D eigenvalue weighted by Gasteiger charge is 2.33. The predicted molar refractivity (Wildman–Crippen MR) is 92.8 cm³/mol. The summed E-state index contributed by atoms with van der Waals surface area (Å²) in [5.41, 5.74) is 4.18. The summed E-state index contributed by atoms with van der Waals surface area (Å²) in [6.07, 6.45) is 0.984. The fourth-order valence-electron chi connectivity index (χ4n) is 3.00. The zero-order chi connectivity index (χ0) is 16.4. The molecule has 2 amide bonds. The van der Waals surface area contributed by atoms with Gasteiger partial charge < -0.3 is 10.2 Å². The zero-order valence-corrected chi connectivity index (χ0v) is 14.2.